The molecule has 3 heteroatoms. The predicted molar refractivity (Wildman–Crippen MR) is 170 cm³/mol. The maximum atomic E-state index is 4.89. The number of fused-ring (bicyclic) bond motifs is 4. The van der Waals surface area contributed by atoms with E-state index in [0.717, 1.165) is 0 Å². The van der Waals surface area contributed by atoms with E-state index in [1.807, 2.05) is 0 Å². The SMILES string of the molecule is [CH]1[C]2CCCC[C]2[CH][C]1c1ccc2ccccc2c1-c1c([C]2[CH][C]3CCCC[C]3[CH]2)ccc2ccccc12.[Cl][Ti][Cl]. The van der Waals surface area contributed by atoms with Crippen LogP contribution in [-0.4, -0.2) is 0 Å². The third-order valence-electron chi connectivity index (χ3n) is 9.16. The second-order valence-corrected chi connectivity index (χ2v) is 14.1. The third-order valence-corrected chi connectivity index (χ3v) is 9.16. The number of rotatable bonds is 3. The Balaban J connectivity index is 0.000000884. The first-order valence-corrected chi connectivity index (χ1v) is 19.1. The van der Waals surface area contributed by atoms with Crippen molar-refractivity contribution in [1.82, 2.24) is 0 Å². The van der Waals surface area contributed by atoms with Gasteiger partial charge in [-0.15, -0.1) is 0 Å². The minimum atomic E-state index is -0.556. The van der Waals surface area contributed by atoms with Crippen LogP contribution in [0.3, 0.4) is 0 Å². The molecule has 202 valence electrons. The van der Waals surface area contributed by atoms with E-state index in [1.54, 1.807) is 23.7 Å². The fraction of sp³-hybridized carbons (Fsp3) is 0.211. The normalized spacial score (nSPS) is 21.1. The Bertz CT molecular complexity index is 1370. The quantitative estimate of drug-likeness (QED) is 0.203. The van der Waals surface area contributed by atoms with Gasteiger partial charge in [-0.25, -0.2) is 0 Å². The van der Waals surface area contributed by atoms with E-state index in [4.69, 9.17) is 18.6 Å². The fourth-order valence-corrected chi connectivity index (χ4v) is 7.27. The van der Waals surface area contributed by atoms with Gasteiger partial charge in [-0.1, -0.05) is 98.5 Å². The molecule has 0 aliphatic heterocycles. The summed E-state index contributed by atoms with van der Waals surface area (Å²) in [5, 5.41) is 5.31. The molecule has 4 aromatic rings. The summed E-state index contributed by atoms with van der Waals surface area (Å²) in [5.41, 5.74) is 5.51. The second-order valence-electron chi connectivity index (χ2n) is 11.5. The molecule has 0 bridgehead atoms. The van der Waals surface area contributed by atoms with Crippen molar-refractivity contribution in [2.24, 2.45) is 0 Å². The fourth-order valence-electron chi connectivity index (χ4n) is 7.27. The van der Waals surface area contributed by atoms with Gasteiger partial charge in [0.1, 0.15) is 0 Å². The van der Waals surface area contributed by atoms with Crippen LogP contribution in [0.15, 0.2) is 72.8 Å². The van der Waals surface area contributed by atoms with E-state index >= 15 is 0 Å². The first-order valence-electron chi connectivity index (χ1n) is 14.8. The van der Waals surface area contributed by atoms with Crippen molar-refractivity contribution in [1.29, 1.82) is 0 Å². The Kier molecular flexibility index (Phi) is 8.84. The molecule has 4 aromatic carbocycles. The molecule has 4 aliphatic rings. The first kappa shape index (κ1) is 28.5. The summed E-state index contributed by atoms with van der Waals surface area (Å²) >= 11 is -0.556. The Morgan fingerprint density at radius 3 is 1.15 bits per heavy atom. The first-order chi connectivity index (χ1) is 20.2. The van der Waals surface area contributed by atoms with Crippen molar-refractivity contribution >= 4 is 40.2 Å². The average molecular weight is 607 g/mol. The molecule has 0 unspecified atom stereocenters. The van der Waals surface area contributed by atoms with Gasteiger partial charge in [-0.05, 0) is 119 Å². The summed E-state index contributed by atoms with van der Waals surface area (Å²) in [6, 6.07) is 27.4. The molecular formula is C38H32Cl2Ti. The minimum absolute atomic E-state index is 0.556. The van der Waals surface area contributed by atoms with E-state index in [0.29, 0.717) is 0 Å². The second kappa shape index (κ2) is 12.7. The van der Waals surface area contributed by atoms with Crippen molar-refractivity contribution in [2.45, 2.75) is 51.4 Å². The zero-order valence-electron chi connectivity index (χ0n) is 23.2. The van der Waals surface area contributed by atoms with E-state index in [9.17, 15) is 0 Å². The van der Waals surface area contributed by atoms with Crippen LogP contribution >= 0.6 is 18.6 Å². The van der Waals surface area contributed by atoms with Crippen molar-refractivity contribution in [3.63, 3.8) is 0 Å². The number of hydrogen-bond donors (Lipinski definition) is 0. The standard InChI is InChI=1S/C38H32.2ClH.Ti/c1-2-12-28-22-31(21-27(28)11-1)35-19-17-25-9-5-7-15-33(25)37(35)38-34-16-8-6-10-26(34)18-20-36(38)32-23-29-13-3-4-14-30(29)24-32;;;/h5-10,15-24H,1-4,11-14H2;2*1H;/q;;;+2/p-2. The molecule has 0 heterocycles. The summed E-state index contributed by atoms with van der Waals surface area (Å²) in [4.78, 5) is 0. The molecule has 4 fully saturated rings. The maximum absolute atomic E-state index is 4.89. The van der Waals surface area contributed by atoms with Gasteiger partial charge >= 0.3 is 35.6 Å². The molecule has 4 saturated carbocycles. The molecular weight excluding hydrogens is 575 g/mol. The van der Waals surface area contributed by atoms with Gasteiger partial charge in [-0.2, -0.15) is 0 Å². The molecule has 10 radical (unpaired) electrons. The van der Waals surface area contributed by atoms with Gasteiger partial charge in [0.05, 0.1) is 0 Å². The zero-order chi connectivity index (χ0) is 27.8. The molecule has 0 nitrogen and oxygen atoms in total. The Labute approximate surface area is 263 Å². The van der Waals surface area contributed by atoms with Crippen molar-refractivity contribution in [3.05, 3.63) is 145 Å². The van der Waals surface area contributed by atoms with Gasteiger partial charge in [0.2, 0.25) is 0 Å². The number of hydrogen-bond acceptors (Lipinski definition) is 0. The number of halogens is 2. The van der Waals surface area contributed by atoms with Gasteiger partial charge in [-0.3, -0.25) is 0 Å². The van der Waals surface area contributed by atoms with Gasteiger partial charge < -0.3 is 0 Å². The molecule has 0 saturated heterocycles. The van der Waals surface area contributed by atoms with Crippen LogP contribution in [0.5, 0.6) is 0 Å². The molecule has 4 aliphatic carbocycles. The predicted octanol–water partition coefficient (Wildman–Crippen LogP) is 11.2. The molecule has 0 amide bonds. The molecule has 0 spiro atoms. The monoisotopic (exact) mass is 606 g/mol. The van der Waals surface area contributed by atoms with Crippen LogP contribution in [0.1, 0.15) is 62.5 Å². The van der Waals surface area contributed by atoms with Crippen LogP contribution in [-0.2, 0) is 17.0 Å². The van der Waals surface area contributed by atoms with Gasteiger partial charge in [0.15, 0.2) is 0 Å². The van der Waals surface area contributed by atoms with E-state index in [1.165, 1.54) is 107 Å². The Hall–Kier alpha value is -1.31. The molecule has 41 heavy (non-hydrogen) atoms. The van der Waals surface area contributed by atoms with E-state index < -0.39 is 17.0 Å². The van der Waals surface area contributed by atoms with Crippen molar-refractivity contribution in [2.75, 3.05) is 0 Å². The summed E-state index contributed by atoms with van der Waals surface area (Å²) in [5.74, 6) is 9.02. The van der Waals surface area contributed by atoms with E-state index in [2.05, 4.69) is 98.5 Å². The van der Waals surface area contributed by atoms with E-state index in [-0.39, 0.29) is 0 Å². The summed E-state index contributed by atoms with van der Waals surface area (Å²) in [6.07, 6.45) is 20.1. The topological polar surface area (TPSA) is 0 Å². The summed E-state index contributed by atoms with van der Waals surface area (Å²) in [6.45, 7) is 0. The average Bonchev–Trinajstić information content (AvgIpc) is 3.65. The van der Waals surface area contributed by atoms with Crippen LogP contribution in [0.2, 0.25) is 0 Å². The third kappa shape index (κ3) is 5.57. The molecule has 8 rings (SSSR count). The summed E-state index contributed by atoms with van der Waals surface area (Å²) < 4.78 is 0. The van der Waals surface area contributed by atoms with Crippen LogP contribution in [0, 0.1) is 61.2 Å². The van der Waals surface area contributed by atoms with Crippen molar-refractivity contribution in [3.8, 4) is 11.1 Å². The van der Waals surface area contributed by atoms with Gasteiger partial charge in [0.25, 0.3) is 0 Å². The van der Waals surface area contributed by atoms with Crippen LogP contribution in [0.4, 0.5) is 0 Å². The molecule has 0 aromatic heterocycles. The Morgan fingerprint density at radius 1 is 0.439 bits per heavy atom. The zero-order valence-corrected chi connectivity index (χ0v) is 26.2. The van der Waals surface area contributed by atoms with Crippen LogP contribution in [0.25, 0.3) is 32.7 Å². The van der Waals surface area contributed by atoms with Gasteiger partial charge in [0, 0.05) is 11.8 Å². The number of benzene rings is 4. The van der Waals surface area contributed by atoms with Crippen molar-refractivity contribution < 1.29 is 17.0 Å². The molecule has 0 atom stereocenters. The van der Waals surface area contributed by atoms with Crippen LogP contribution < -0.4 is 0 Å². The Morgan fingerprint density at radius 2 is 0.780 bits per heavy atom. The molecule has 0 N–H and O–H groups in total. The summed E-state index contributed by atoms with van der Waals surface area (Å²) in [7, 11) is 9.78.